The molecular formula is C21H25N3O5S2. The number of rotatable bonds is 9. The van der Waals surface area contributed by atoms with Gasteiger partial charge in [0.25, 0.3) is 0 Å². The fourth-order valence-electron chi connectivity index (χ4n) is 3.65. The molecule has 0 amide bonds. The number of methoxy groups -OCH3 is 2. The predicted molar refractivity (Wildman–Crippen MR) is 118 cm³/mol. The fourth-order valence-corrected chi connectivity index (χ4v) is 6.03. The number of aromatic nitrogens is 1. The highest BCUT2D eigenvalue weighted by Gasteiger charge is 2.21. The van der Waals surface area contributed by atoms with Crippen LogP contribution < -0.4 is 14.2 Å². The molecule has 0 radical (unpaired) electrons. The second-order valence-corrected chi connectivity index (χ2v) is 10.3. The van der Waals surface area contributed by atoms with Gasteiger partial charge in [-0.15, -0.1) is 11.3 Å². The van der Waals surface area contributed by atoms with Crippen LogP contribution in [0.5, 0.6) is 11.5 Å². The van der Waals surface area contributed by atoms with Crippen molar-refractivity contribution in [1.29, 1.82) is 0 Å². The molecule has 0 atom stereocenters. The summed E-state index contributed by atoms with van der Waals surface area (Å²) in [6.07, 6.45) is 3.19. The molecule has 4 rings (SSSR count). The number of ether oxygens (including phenoxy) is 2. The maximum Gasteiger partial charge on any atom is 0.250 e. The summed E-state index contributed by atoms with van der Waals surface area (Å²) < 4.78 is 44.0. The minimum absolute atomic E-state index is 0.270. The van der Waals surface area contributed by atoms with Gasteiger partial charge in [0, 0.05) is 25.7 Å². The van der Waals surface area contributed by atoms with E-state index in [1.807, 2.05) is 12.1 Å². The van der Waals surface area contributed by atoms with Crippen molar-refractivity contribution in [2.45, 2.75) is 23.6 Å². The van der Waals surface area contributed by atoms with E-state index in [1.165, 1.54) is 28.7 Å². The Morgan fingerprint density at radius 3 is 2.65 bits per heavy atom. The van der Waals surface area contributed by atoms with E-state index in [4.69, 9.17) is 14.0 Å². The van der Waals surface area contributed by atoms with Gasteiger partial charge in [-0.1, -0.05) is 5.16 Å². The third-order valence-electron chi connectivity index (χ3n) is 5.27. The predicted octanol–water partition coefficient (Wildman–Crippen LogP) is 3.15. The van der Waals surface area contributed by atoms with Gasteiger partial charge >= 0.3 is 0 Å². The van der Waals surface area contributed by atoms with Crippen molar-refractivity contribution in [3.8, 4) is 22.1 Å². The summed E-state index contributed by atoms with van der Waals surface area (Å²) in [7, 11) is -0.259. The van der Waals surface area contributed by atoms with Crippen molar-refractivity contribution >= 4 is 21.4 Å². The van der Waals surface area contributed by atoms with Crippen LogP contribution in [0.1, 0.15) is 17.5 Å². The van der Waals surface area contributed by atoms with Crippen LogP contribution in [0.4, 0.5) is 0 Å². The molecule has 0 fully saturated rings. The average Bonchev–Trinajstić information content (AvgIpc) is 3.48. The lowest BCUT2D eigenvalue weighted by Gasteiger charge is -2.29. The quantitative estimate of drug-likeness (QED) is 0.487. The van der Waals surface area contributed by atoms with E-state index in [1.54, 1.807) is 32.4 Å². The van der Waals surface area contributed by atoms with Gasteiger partial charge in [0.05, 0.1) is 25.3 Å². The zero-order valence-electron chi connectivity index (χ0n) is 17.5. The van der Waals surface area contributed by atoms with E-state index in [0.29, 0.717) is 12.3 Å². The Hall–Kier alpha value is -2.40. The van der Waals surface area contributed by atoms with Crippen molar-refractivity contribution in [2.24, 2.45) is 0 Å². The Morgan fingerprint density at radius 2 is 1.94 bits per heavy atom. The van der Waals surface area contributed by atoms with Gasteiger partial charge in [0.1, 0.15) is 4.21 Å². The Balaban J connectivity index is 1.29. The maximum absolute atomic E-state index is 12.6. The first-order valence-corrected chi connectivity index (χ1v) is 12.3. The van der Waals surface area contributed by atoms with Gasteiger partial charge in [0.15, 0.2) is 17.3 Å². The minimum atomic E-state index is -3.54. The van der Waals surface area contributed by atoms with E-state index >= 15 is 0 Å². The van der Waals surface area contributed by atoms with E-state index in [0.717, 1.165) is 48.9 Å². The summed E-state index contributed by atoms with van der Waals surface area (Å²) in [5.74, 6) is 2.05. The first kappa shape index (κ1) is 21.8. The number of nitrogens with zero attached hydrogens (tertiary/aromatic N) is 2. The van der Waals surface area contributed by atoms with Crippen LogP contribution in [0, 0.1) is 0 Å². The highest BCUT2D eigenvalue weighted by molar-refractivity contribution is 7.91. The summed E-state index contributed by atoms with van der Waals surface area (Å²) in [5, 5.41) is 3.66. The molecule has 0 bridgehead atoms. The van der Waals surface area contributed by atoms with E-state index < -0.39 is 10.0 Å². The highest BCUT2D eigenvalue weighted by Crippen LogP contribution is 2.33. The van der Waals surface area contributed by atoms with Crippen molar-refractivity contribution in [3.05, 3.63) is 47.7 Å². The van der Waals surface area contributed by atoms with Crippen molar-refractivity contribution in [1.82, 2.24) is 14.8 Å². The normalized spacial score (nSPS) is 14.4. The van der Waals surface area contributed by atoms with Gasteiger partial charge < -0.3 is 14.0 Å². The van der Waals surface area contributed by atoms with E-state index in [9.17, 15) is 8.42 Å². The minimum Gasteiger partial charge on any atom is -0.493 e. The second kappa shape index (κ2) is 9.39. The molecular weight excluding hydrogens is 438 g/mol. The molecule has 0 aliphatic carbocycles. The summed E-state index contributed by atoms with van der Waals surface area (Å²) in [5.41, 5.74) is 2.50. The first-order chi connectivity index (χ1) is 15.0. The van der Waals surface area contributed by atoms with Crippen LogP contribution in [-0.2, 0) is 23.0 Å². The van der Waals surface area contributed by atoms with Crippen LogP contribution in [0.25, 0.3) is 10.6 Å². The molecule has 8 nitrogen and oxygen atoms in total. The lowest BCUT2D eigenvalue weighted by molar-refractivity contribution is 0.250. The molecule has 0 saturated heterocycles. The summed E-state index contributed by atoms with van der Waals surface area (Å²) in [4.78, 5) is 3.06. The third kappa shape index (κ3) is 4.93. The lowest BCUT2D eigenvalue weighted by Crippen LogP contribution is -2.33. The van der Waals surface area contributed by atoms with Crippen LogP contribution in [-0.4, -0.2) is 52.3 Å². The molecule has 1 aliphatic heterocycles. The zero-order chi connectivity index (χ0) is 21.8. The number of hydrogen-bond acceptors (Lipinski definition) is 8. The first-order valence-electron chi connectivity index (χ1n) is 9.97. The van der Waals surface area contributed by atoms with Gasteiger partial charge in [-0.3, -0.25) is 4.90 Å². The molecule has 1 N–H and O–H groups in total. The molecule has 3 heterocycles. The van der Waals surface area contributed by atoms with Crippen LogP contribution >= 0.6 is 11.3 Å². The molecule has 2 aromatic heterocycles. The number of hydrogen-bond donors (Lipinski definition) is 1. The fraction of sp³-hybridized carbons (Fsp3) is 0.381. The number of sulfonamides is 1. The number of nitrogens with one attached hydrogen (secondary N) is 1. The molecule has 3 aromatic rings. The molecule has 0 spiro atoms. The summed E-state index contributed by atoms with van der Waals surface area (Å²) in [6, 6.07) is 9.11. The number of benzene rings is 1. The molecule has 166 valence electrons. The van der Waals surface area contributed by atoms with Gasteiger partial charge in [-0.2, -0.15) is 0 Å². The molecule has 10 heteroatoms. The van der Waals surface area contributed by atoms with Gasteiger partial charge in [0.2, 0.25) is 10.0 Å². The molecule has 1 aliphatic rings. The third-order valence-corrected chi connectivity index (χ3v) is 8.32. The van der Waals surface area contributed by atoms with Crippen LogP contribution in [0.3, 0.4) is 0 Å². The molecule has 31 heavy (non-hydrogen) atoms. The lowest BCUT2D eigenvalue weighted by atomic mass is 9.98. The van der Waals surface area contributed by atoms with Gasteiger partial charge in [-0.05, 0) is 54.8 Å². The van der Waals surface area contributed by atoms with Crippen molar-refractivity contribution in [2.75, 3.05) is 33.9 Å². The number of fused-ring (bicyclic) bond motifs is 1. The molecule has 0 unspecified atom stereocenters. The zero-order valence-corrected chi connectivity index (χ0v) is 19.1. The smallest absolute Gasteiger partial charge is 0.250 e. The van der Waals surface area contributed by atoms with Gasteiger partial charge in [-0.25, -0.2) is 13.1 Å². The van der Waals surface area contributed by atoms with Crippen molar-refractivity contribution in [3.63, 3.8) is 0 Å². The standard InChI is InChI=1S/C21H25N3O5S2/c1-27-18-12-15-7-11-24(14-16(15)13-19(18)28-2)10-3-8-23-31(25,26)21-5-4-20(30-21)17-6-9-22-29-17/h4-6,9,12-13,23H,3,7-8,10-11,14H2,1-2H3. The maximum atomic E-state index is 12.6. The summed E-state index contributed by atoms with van der Waals surface area (Å²) >= 11 is 1.17. The average molecular weight is 464 g/mol. The Bertz CT molecular complexity index is 1130. The summed E-state index contributed by atoms with van der Waals surface area (Å²) in [6.45, 7) is 2.94. The Labute approximate surface area is 185 Å². The van der Waals surface area contributed by atoms with Crippen molar-refractivity contribution < 1.29 is 22.4 Å². The SMILES string of the molecule is COc1cc2c(cc1OC)CN(CCCNS(=O)(=O)c1ccc(-c3ccno3)s1)CC2. The Morgan fingerprint density at radius 1 is 1.16 bits per heavy atom. The van der Waals surface area contributed by atoms with Crippen LogP contribution in [0.2, 0.25) is 0 Å². The topological polar surface area (TPSA) is 93.9 Å². The molecule has 0 saturated carbocycles. The molecule has 1 aromatic carbocycles. The van der Waals surface area contributed by atoms with E-state index in [-0.39, 0.29) is 4.21 Å². The number of thiophene rings is 1. The monoisotopic (exact) mass is 463 g/mol. The second-order valence-electron chi connectivity index (χ2n) is 7.25. The highest BCUT2D eigenvalue weighted by atomic mass is 32.2. The van der Waals surface area contributed by atoms with Crippen LogP contribution in [0.15, 0.2) is 45.3 Å². The van der Waals surface area contributed by atoms with E-state index in [2.05, 4.69) is 14.8 Å². The Kier molecular flexibility index (Phi) is 6.61. The largest absolute Gasteiger partial charge is 0.493 e.